The average molecular weight is 1610 g/mol. The van der Waals surface area contributed by atoms with E-state index in [1.165, 1.54) is 5.56 Å². The molecule has 28 heteroatoms. The number of halogens is 1. The number of anilines is 3. The van der Waals surface area contributed by atoms with Crippen molar-refractivity contribution in [1.29, 1.82) is 0 Å². The summed E-state index contributed by atoms with van der Waals surface area (Å²) in [6.45, 7) is 30.9. The van der Waals surface area contributed by atoms with Gasteiger partial charge < -0.3 is 55.2 Å². The number of fused-ring (bicyclic) bond motifs is 3. The highest BCUT2D eigenvalue weighted by atomic mass is 79.9. The molecule has 23 nitrogen and oxygen atoms in total. The molecule has 4 aliphatic rings. The van der Waals surface area contributed by atoms with Crippen molar-refractivity contribution in [2.24, 2.45) is 0 Å². The van der Waals surface area contributed by atoms with Crippen LogP contribution in [-0.2, 0) is 36.5 Å². The highest BCUT2D eigenvalue weighted by Crippen LogP contribution is 2.39. The second-order valence-corrected chi connectivity index (χ2v) is 31.7. The van der Waals surface area contributed by atoms with Crippen molar-refractivity contribution in [2.45, 2.75) is 107 Å². The zero-order valence-electron chi connectivity index (χ0n) is 64.6. The number of hydrogen-bond acceptors (Lipinski definition) is 18. The van der Waals surface area contributed by atoms with Crippen LogP contribution in [0.4, 0.5) is 17.1 Å². The summed E-state index contributed by atoms with van der Waals surface area (Å²) in [5.74, 6) is -0.402. The first-order valence-corrected chi connectivity index (χ1v) is 40.3. The van der Waals surface area contributed by atoms with Gasteiger partial charge in [-0.25, -0.2) is 15.0 Å². The molecule has 8 aromatic heterocycles. The Balaban J connectivity index is 0.000000146. The Hall–Kier alpha value is -10.3. The van der Waals surface area contributed by atoms with E-state index in [1.807, 2.05) is 168 Å². The van der Waals surface area contributed by atoms with Crippen LogP contribution in [0.2, 0.25) is 0 Å². The summed E-state index contributed by atoms with van der Waals surface area (Å²) in [7, 11) is 1.70. The molecule has 12 heterocycles. The minimum Gasteiger partial charge on any atom is -0.398 e. The molecule has 4 aliphatic heterocycles. The molecule has 1 fully saturated rings. The molecular formula is C83H92BBrN15O8S3+. The molecule has 111 heavy (non-hydrogen) atoms. The summed E-state index contributed by atoms with van der Waals surface area (Å²) < 4.78 is 13.7. The fourth-order valence-electron chi connectivity index (χ4n) is 12.7. The maximum atomic E-state index is 13.0. The van der Waals surface area contributed by atoms with Crippen LogP contribution in [0.3, 0.4) is 0 Å². The summed E-state index contributed by atoms with van der Waals surface area (Å²) >= 11 is 8.13. The van der Waals surface area contributed by atoms with E-state index < -0.39 is 7.12 Å². The van der Waals surface area contributed by atoms with E-state index in [1.54, 1.807) is 59.5 Å². The van der Waals surface area contributed by atoms with Crippen molar-refractivity contribution >= 4 is 127 Å². The lowest BCUT2D eigenvalue weighted by Crippen LogP contribution is -2.48. The van der Waals surface area contributed by atoms with Gasteiger partial charge in [0.05, 0.1) is 132 Å². The van der Waals surface area contributed by atoms with Crippen molar-refractivity contribution in [1.82, 2.24) is 55.4 Å². The van der Waals surface area contributed by atoms with E-state index in [2.05, 4.69) is 129 Å². The number of nitrogens with one attached hydrogen (secondary N) is 7. The standard InChI is InChI=1S/C30H32N6O2S.C16H11N3OS.C15H25N3O2.C13H17BN2O3.C9H6BrNS/c1-5-36(6-2)13-12-31-29(38)27-18(3)23(33-19(27)4)15-22-21-14-24(32-16-25(21)34-28(22)37)26-17-39-30(35-26)20-10-8-7-9-11-20;20-15-7-11-6-12(17-8-13(11)18-15)14-9-21-16(19-14)10-4-2-1-3-5-10;1-6-18(5,7-2)9-8-16-15(20)14-11(3)13(10-19)17-12(14)4;1-12(2)13(3,4)19-14(18-12)10-5-8-6-11(17)16-9(8)7-15-10;10-8-6-12-9(11-8)7-4-2-1-3-5-7/h7-11,14-17,33H,5-6,12-13H2,1-4H3,(H,31,38)(H,34,37);1-6,8-9H,7H2,(H,18,20);10H,6-9H2,1-5H3,(H-,16,17,19,20);5,7H,6H2,1-4H3,(H,16,17);1-6H/p+1/b22-15-;;;;. The van der Waals surface area contributed by atoms with Crippen LogP contribution in [0.1, 0.15) is 131 Å². The fourth-order valence-corrected chi connectivity index (χ4v) is 15.6. The van der Waals surface area contributed by atoms with Crippen LogP contribution in [-0.4, -0.2) is 163 Å². The van der Waals surface area contributed by atoms with Crippen LogP contribution in [0.25, 0.3) is 66.1 Å². The van der Waals surface area contributed by atoms with Gasteiger partial charge in [-0.2, -0.15) is 0 Å². The van der Waals surface area contributed by atoms with E-state index in [-0.39, 0.29) is 40.7 Å². The lowest BCUT2D eigenvalue weighted by Gasteiger charge is -2.32. The van der Waals surface area contributed by atoms with Gasteiger partial charge in [-0.15, -0.1) is 34.0 Å². The first kappa shape index (κ1) is 81.7. The predicted octanol–water partition coefficient (Wildman–Crippen LogP) is 14.9. The summed E-state index contributed by atoms with van der Waals surface area (Å²) in [6.07, 6.45) is 8.42. The van der Waals surface area contributed by atoms with Crippen LogP contribution in [0, 0.1) is 27.7 Å². The third-order valence-corrected chi connectivity index (χ3v) is 23.8. The van der Waals surface area contributed by atoms with Crippen LogP contribution in [0.15, 0.2) is 149 Å². The summed E-state index contributed by atoms with van der Waals surface area (Å²) in [5.41, 5.74) is 17.3. The number of aryl methyl sites for hydroxylation is 2. The monoisotopic (exact) mass is 1610 g/mol. The smallest absolute Gasteiger partial charge is 0.398 e. The van der Waals surface area contributed by atoms with Crippen molar-refractivity contribution in [2.75, 3.05) is 75.4 Å². The zero-order chi connectivity index (χ0) is 79.3. The predicted molar refractivity (Wildman–Crippen MR) is 448 cm³/mol. The lowest BCUT2D eigenvalue weighted by atomic mass is 9.83. The number of amides is 5. The molecule has 0 atom stereocenters. The summed E-state index contributed by atoms with van der Waals surface area (Å²) in [6, 6.07) is 36.0. The number of nitrogens with zero attached hydrogens (tertiary/aromatic N) is 8. The second-order valence-electron chi connectivity index (χ2n) is 28.3. The number of thiazole rings is 3. The Morgan fingerprint density at radius 1 is 0.595 bits per heavy atom. The molecule has 3 aromatic carbocycles. The molecule has 0 saturated carbocycles. The number of aromatic amines is 2. The number of likely N-dealkylation sites (N-methyl/N-ethyl adjacent to an activating group) is 2. The molecular weight excluding hydrogens is 1520 g/mol. The normalized spacial score (nSPS) is 14.4. The average Bonchev–Trinajstić information content (AvgIpc) is 1.62. The number of benzene rings is 3. The number of aldehydes is 1. The molecule has 7 N–H and O–H groups in total. The summed E-state index contributed by atoms with van der Waals surface area (Å²) in [5, 5.41) is 23.4. The topological polar surface area (TPSA) is 293 Å². The molecule has 15 rings (SSSR count). The van der Waals surface area contributed by atoms with Crippen molar-refractivity contribution in [3.63, 3.8) is 0 Å². The van der Waals surface area contributed by atoms with Crippen LogP contribution in [0.5, 0.6) is 0 Å². The minimum atomic E-state index is -0.481. The number of carbonyl (C=O) groups excluding carboxylic acids is 6. The van der Waals surface area contributed by atoms with Gasteiger partial charge >= 0.3 is 7.12 Å². The first-order valence-electron chi connectivity index (χ1n) is 36.8. The number of hydrogen-bond donors (Lipinski definition) is 7. The molecule has 0 radical (unpaired) electrons. The number of pyridine rings is 3. The quantitative estimate of drug-likeness (QED) is 0.0162. The molecule has 1 saturated heterocycles. The maximum Gasteiger partial charge on any atom is 0.514 e. The molecule has 11 aromatic rings. The number of rotatable bonds is 20. The highest BCUT2D eigenvalue weighted by Gasteiger charge is 2.52. The third kappa shape index (κ3) is 19.7. The van der Waals surface area contributed by atoms with Crippen molar-refractivity contribution in [3.8, 4) is 54.5 Å². The van der Waals surface area contributed by atoms with E-state index in [0.29, 0.717) is 65.3 Å². The Morgan fingerprint density at radius 2 is 1.05 bits per heavy atom. The van der Waals surface area contributed by atoms with Crippen molar-refractivity contribution < 1.29 is 42.6 Å². The Labute approximate surface area is 667 Å². The van der Waals surface area contributed by atoms with Gasteiger partial charge in [0.25, 0.3) is 17.7 Å². The van der Waals surface area contributed by atoms with E-state index in [9.17, 15) is 28.8 Å². The number of quaternary nitrogens is 1. The Bertz CT molecular complexity index is 5190. The SMILES string of the molecule is Brc1csc(-c2ccccc2)n1.CC1(C)OB(c2cc3c(cn2)NC(=O)C3)OC1(C)C.CCN(CC)CCNC(=O)c1c(C)[nH]c(/C=C2\C(=O)Nc3cnc(-c4csc(-c5ccccc5)n4)cc32)c1C.CC[N+](C)(CC)CCNC(=O)c1c(C)[nH]c(C=O)c1C.O=C1Cc2cc(-c3csc(-c4ccccc4)n3)ncc2N1. The summed E-state index contributed by atoms with van der Waals surface area (Å²) in [4.78, 5) is 107. The van der Waals surface area contributed by atoms with Crippen LogP contribution >= 0.6 is 49.9 Å². The minimum absolute atomic E-state index is 0.00266. The van der Waals surface area contributed by atoms with Crippen molar-refractivity contribution in [3.05, 3.63) is 210 Å². The van der Waals surface area contributed by atoms with E-state index in [0.717, 1.165) is 154 Å². The third-order valence-electron chi connectivity index (χ3n) is 20.4. The molecule has 574 valence electrons. The van der Waals surface area contributed by atoms with Gasteiger partial charge in [0.2, 0.25) is 11.8 Å². The molecule has 0 spiro atoms. The van der Waals surface area contributed by atoms with Gasteiger partial charge in [0.1, 0.15) is 31.0 Å². The molecule has 5 amide bonds. The lowest BCUT2D eigenvalue weighted by molar-refractivity contribution is -0.904. The van der Waals surface area contributed by atoms with Gasteiger partial charge in [-0.1, -0.05) is 105 Å². The number of H-pyrrole nitrogens is 2. The fraction of sp³-hybridized carbons (Fsp3) is 0.301. The van der Waals surface area contributed by atoms with Gasteiger partial charge in [0.15, 0.2) is 6.29 Å². The number of carbonyl (C=O) groups is 6. The molecule has 0 aliphatic carbocycles. The second kappa shape index (κ2) is 36.2. The van der Waals surface area contributed by atoms with Gasteiger partial charge in [-0.05, 0) is 145 Å². The molecule has 0 bridgehead atoms. The largest absolute Gasteiger partial charge is 0.514 e. The van der Waals surface area contributed by atoms with Gasteiger partial charge in [0, 0.05) is 68.6 Å². The zero-order valence-corrected chi connectivity index (χ0v) is 68.6. The van der Waals surface area contributed by atoms with E-state index in [4.69, 9.17) is 14.3 Å². The van der Waals surface area contributed by atoms with Gasteiger partial charge in [-0.3, -0.25) is 43.7 Å². The number of aromatic nitrogens is 8. The van der Waals surface area contributed by atoms with Crippen LogP contribution < -0.4 is 32.2 Å². The molecule has 0 unspecified atom stereocenters. The van der Waals surface area contributed by atoms with E-state index >= 15 is 0 Å². The Morgan fingerprint density at radius 3 is 1.54 bits per heavy atom. The maximum absolute atomic E-state index is 13.0. The highest BCUT2D eigenvalue weighted by molar-refractivity contribution is 9.10. The first-order chi connectivity index (χ1) is 53.2. The Kier molecular flexibility index (Phi) is 26.7.